The van der Waals surface area contributed by atoms with Crippen molar-refractivity contribution in [3.63, 3.8) is 0 Å². The highest BCUT2D eigenvalue weighted by molar-refractivity contribution is 5.95. The van der Waals surface area contributed by atoms with Crippen molar-refractivity contribution < 1.29 is 19.5 Å². The molecule has 1 aromatic carbocycles. The van der Waals surface area contributed by atoms with Crippen LogP contribution in [0.3, 0.4) is 0 Å². The van der Waals surface area contributed by atoms with Gasteiger partial charge in [-0.05, 0) is 30.7 Å². The van der Waals surface area contributed by atoms with Gasteiger partial charge in [-0.1, -0.05) is 0 Å². The molecule has 0 heterocycles. The molecule has 1 rings (SSSR count). The van der Waals surface area contributed by atoms with Crippen molar-refractivity contribution in [1.82, 2.24) is 5.32 Å². The smallest absolute Gasteiger partial charge is 0.318 e. The Kier molecular flexibility index (Phi) is 6.15. The second kappa shape index (κ2) is 7.85. The zero-order chi connectivity index (χ0) is 15.8. The molecule has 1 unspecified atom stereocenters. The Labute approximate surface area is 121 Å². The Hall–Kier alpha value is -2.61. The summed E-state index contributed by atoms with van der Waals surface area (Å²) in [6.45, 7) is 0. The van der Waals surface area contributed by atoms with E-state index in [4.69, 9.17) is 10.8 Å². The molecular formula is C13H18N4O4. The number of benzene rings is 1. The molecule has 0 fully saturated rings. The number of amides is 3. The number of aliphatic carboxylic acids is 1. The largest absolute Gasteiger partial charge is 0.481 e. The molecule has 0 aliphatic rings. The van der Waals surface area contributed by atoms with E-state index in [1.165, 1.54) is 7.05 Å². The third-order valence-electron chi connectivity index (χ3n) is 2.64. The molecule has 0 bridgehead atoms. The van der Waals surface area contributed by atoms with Crippen LogP contribution in [0.1, 0.15) is 12.8 Å². The average molecular weight is 294 g/mol. The minimum absolute atomic E-state index is 0.0669. The fourth-order valence-corrected chi connectivity index (χ4v) is 1.48. The van der Waals surface area contributed by atoms with Crippen LogP contribution in [0.15, 0.2) is 24.3 Å². The molecule has 0 spiro atoms. The summed E-state index contributed by atoms with van der Waals surface area (Å²) in [5.41, 5.74) is 6.67. The first kappa shape index (κ1) is 16.4. The number of rotatable bonds is 6. The predicted molar refractivity (Wildman–Crippen MR) is 78.0 cm³/mol. The van der Waals surface area contributed by atoms with Gasteiger partial charge >= 0.3 is 12.0 Å². The number of hydrogen-bond acceptors (Lipinski definition) is 4. The summed E-state index contributed by atoms with van der Waals surface area (Å²) in [7, 11) is 1.50. The molecule has 114 valence electrons. The van der Waals surface area contributed by atoms with Gasteiger partial charge in [-0.3, -0.25) is 9.59 Å². The third kappa shape index (κ3) is 5.91. The van der Waals surface area contributed by atoms with E-state index < -0.39 is 17.9 Å². The summed E-state index contributed by atoms with van der Waals surface area (Å²) in [5, 5.41) is 16.1. The lowest BCUT2D eigenvalue weighted by molar-refractivity contribution is -0.137. The molecule has 1 atom stereocenters. The van der Waals surface area contributed by atoms with Gasteiger partial charge in [0.2, 0.25) is 5.91 Å². The fourth-order valence-electron chi connectivity index (χ4n) is 1.48. The lowest BCUT2D eigenvalue weighted by Gasteiger charge is -2.11. The van der Waals surface area contributed by atoms with Gasteiger partial charge in [0.15, 0.2) is 0 Å². The molecule has 8 nitrogen and oxygen atoms in total. The van der Waals surface area contributed by atoms with E-state index in [9.17, 15) is 14.4 Å². The van der Waals surface area contributed by atoms with Crippen LogP contribution >= 0.6 is 0 Å². The lowest BCUT2D eigenvalue weighted by Crippen LogP contribution is -2.36. The number of carboxylic acid groups (broad SMARTS) is 1. The van der Waals surface area contributed by atoms with Crippen LogP contribution in [0.2, 0.25) is 0 Å². The van der Waals surface area contributed by atoms with Crippen LogP contribution in [0.25, 0.3) is 0 Å². The van der Waals surface area contributed by atoms with E-state index in [1.807, 2.05) is 0 Å². The number of urea groups is 1. The molecule has 6 N–H and O–H groups in total. The minimum atomic E-state index is -0.997. The standard InChI is InChI=1S/C13H18N4O4/c1-15-13(21)17-9-4-2-8(3-5-9)16-12(20)10(14)6-7-11(18)19/h2-5,10H,6-7,14H2,1H3,(H,16,20)(H,18,19)(H2,15,17,21). The van der Waals surface area contributed by atoms with Crippen molar-refractivity contribution in [3.05, 3.63) is 24.3 Å². The Morgan fingerprint density at radius 2 is 1.67 bits per heavy atom. The van der Waals surface area contributed by atoms with Crippen LogP contribution < -0.4 is 21.7 Å². The average Bonchev–Trinajstić information content (AvgIpc) is 2.46. The molecular weight excluding hydrogens is 276 g/mol. The maximum absolute atomic E-state index is 11.7. The van der Waals surface area contributed by atoms with E-state index in [-0.39, 0.29) is 18.9 Å². The van der Waals surface area contributed by atoms with Gasteiger partial charge in [0.05, 0.1) is 6.04 Å². The first-order valence-corrected chi connectivity index (χ1v) is 6.29. The van der Waals surface area contributed by atoms with Gasteiger partial charge in [-0.15, -0.1) is 0 Å². The molecule has 0 aliphatic heterocycles. The Morgan fingerprint density at radius 3 is 2.14 bits per heavy atom. The molecule has 0 saturated heterocycles. The van der Waals surface area contributed by atoms with Crippen molar-refractivity contribution in [1.29, 1.82) is 0 Å². The SMILES string of the molecule is CNC(=O)Nc1ccc(NC(=O)C(N)CCC(=O)O)cc1. The first-order chi connectivity index (χ1) is 9.92. The van der Waals surface area contributed by atoms with Crippen LogP contribution in [-0.2, 0) is 9.59 Å². The summed E-state index contributed by atoms with van der Waals surface area (Å²) in [4.78, 5) is 33.2. The van der Waals surface area contributed by atoms with Gasteiger partial charge < -0.3 is 26.8 Å². The first-order valence-electron chi connectivity index (χ1n) is 6.29. The van der Waals surface area contributed by atoms with Crippen molar-refractivity contribution in [3.8, 4) is 0 Å². The lowest BCUT2D eigenvalue weighted by atomic mass is 10.1. The van der Waals surface area contributed by atoms with Gasteiger partial charge in [0.1, 0.15) is 0 Å². The minimum Gasteiger partial charge on any atom is -0.481 e. The van der Waals surface area contributed by atoms with Crippen LogP contribution in [0.4, 0.5) is 16.2 Å². The summed E-state index contributed by atoms with van der Waals surface area (Å²) in [5.74, 6) is -1.45. The summed E-state index contributed by atoms with van der Waals surface area (Å²) in [6, 6.07) is 5.22. The highest BCUT2D eigenvalue weighted by Crippen LogP contribution is 2.14. The molecule has 0 saturated carbocycles. The highest BCUT2D eigenvalue weighted by Gasteiger charge is 2.14. The summed E-state index contributed by atoms with van der Waals surface area (Å²) < 4.78 is 0. The second-order valence-electron chi connectivity index (χ2n) is 4.31. The Bertz CT molecular complexity index is 515. The van der Waals surface area contributed by atoms with E-state index in [1.54, 1.807) is 24.3 Å². The van der Waals surface area contributed by atoms with Gasteiger partial charge in [0, 0.05) is 24.8 Å². The van der Waals surface area contributed by atoms with Crippen molar-refractivity contribution in [2.75, 3.05) is 17.7 Å². The number of nitrogens with one attached hydrogen (secondary N) is 3. The number of carbonyl (C=O) groups excluding carboxylic acids is 2. The molecule has 1 aromatic rings. The fraction of sp³-hybridized carbons (Fsp3) is 0.308. The van der Waals surface area contributed by atoms with Crippen LogP contribution in [0, 0.1) is 0 Å². The predicted octanol–water partition coefficient (Wildman–Crippen LogP) is 0.568. The van der Waals surface area contributed by atoms with E-state index in [0.29, 0.717) is 11.4 Å². The number of carboxylic acids is 1. The second-order valence-corrected chi connectivity index (χ2v) is 4.31. The molecule has 21 heavy (non-hydrogen) atoms. The van der Waals surface area contributed by atoms with Crippen LogP contribution in [0.5, 0.6) is 0 Å². The van der Waals surface area contributed by atoms with Crippen molar-refractivity contribution in [2.45, 2.75) is 18.9 Å². The van der Waals surface area contributed by atoms with Crippen molar-refractivity contribution >= 4 is 29.3 Å². The third-order valence-corrected chi connectivity index (χ3v) is 2.64. The highest BCUT2D eigenvalue weighted by atomic mass is 16.4. The topological polar surface area (TPSA) is 134 Å². The molecule has 0 aliphatic carbocycles. The maximum atomic E-state index is 11.7. The summed E-state index contributed by atoms with van der Waals surface area (Å²) in [6.07, 6.45) is -0.0962. The molecule has 0 aromatic heterocycles. The number of hydrogen-bond donors (Lipinski definition) is 5. The zero-order valence-corrected chi connectivity index (χ0v) is 11.6. The normalized spacial score (nSPS) is 11.3. The van der Waals surface area contributed by atoms with Crippen LogP contribution in [-0.4, -0.2) is 36.1 Å². The molecule has 8 heteroatoms. The molecule has 0 radical (unpaired) electrons. The Balaban J connectivity index is 2.53. The van der Waals surface area contributed by atoms with Gasteiger partial charge in [0.25, 0.3) is 0 Å². The number of nitrogens with two attached hydrogens (primary N) is 1. The monoisotopic (exact) mass is 294 g/mol. The van der Waals surface area contributed by atoms with Gasteiger partial charge in [-0.25, -0.2) is 4.79 Å². The number of anilines is 2. The van der Waals surface area contributed by atoms with Crippen molar-refractivity contribution in [2.24, 2.45) is 5.73 Å². The zero-order valence-electron chi connectivity index (χ0n) is 11.6. The summed E-state index contributed by atoms with van der Waals surface area (Å²) >= 11 is 0. The Morgan fingerprint density at radius 1 is 1.14 bits per heavy atom. The van der Waals surface area contributed by atoms with E-state index in [0.717, 1.165) is 0 Å². The van der Waals surface area contributed by atoms with E-state index >= 15 is 0 Å². The quantitative estimate of drug-likeness (QED) is 0.523. The van der Waals surface area contributed by atoms with Gasteiger partial charge in [-0.2, -0.15) is 0 Å². The molecule has 3 amide bonds. The number of carbonyl (C=O) groups is 3. The van der Waals surface area contributed by atoms with E-state index in [2.05, 4.69) is 16.0 Å². The maximum Gasteiger partial charge on any atom is 0.318 e.